The van der Waals surface area contributed by atoms with Crippen LogP contribution in [0.3, 0.4) is 0 Å². The fourth-order valence-corrected chi connectivity index (χ4v) is 3.01. The van der Waals surface area contributed by atoms with E-state index >= 15 is 0 Å². The number of hydrogen-bond donors (Lipinski definition) is 1. The molecule has 1 heterocycles. The number of benzene rings is 1. The minimum Gasteiger partial charge on any atom is -0.331 e. The normalized spacial score (nSPS) is 11.6. The van der Waals surface area contributed by atoms with Crippen LogP contribution in [0.2, 0.25) is 0 Å². The van der Waals surface area contributed by atoms with E-state index in [0.717, 1.165) is 30.0 Å². The Bertz CT molecular complexity index is 603. The van der Waals surface area contributed by atoms with Gasteiger partial charge in [-0.3, -0.25) is 4.79 Å². The number of hydrogen-bond acceptors (Lipinski definition) is 4. The van der Waals surface area contributed by atoms with Crippen molar-refractivity contribution < 1.29 is 4.79 Å². The second-order valence-electron chi connectivity index (χ2n) is 5.27. The van der Waals surface area contributed by atoms with Gasteiger partial charge in [-0.2, -0.15) is 0 Å². The molecule has 1 aromatic heterocycles. The third kappa shape index (κ3) is 5.03. The van der Waals surface area contributed by atoms with Crippen molar-refractivity contribution in [2.45, 2.75) is 39.3 Å². The monoisotopic (exact) mass is 353 g/mol. The van der Waals surface area contributed by atoms with E-state index in [1.54, 1.807) is 5.38 Å². The molecule has 0 radical (unpaired) electrons. The predicted octanol–water partition coefficient (Wildman–Crippen LogP) is 4.03. The van der Waals surface area contributed by atoms with Crippen LogP contribution in [0.5, 0.6) is 0 Å². The highest BCUT2D eigenvalue weighted by molar-refractivity contribution is 7.09. The zero-order valence-corrected chi connectivity index (χ0v) is 15.2. The van der Waals surface area contributed by atoms with Crippen LogP contribution in [0.4, 0.5) is 0 Å². The van der Waals surface area contributed by atoms with E-state index in [1.807, 2.05) is 23.1 Å². The maximum atomic E-state index is 12.8. The molecular weight excluding hydrogens is 330 g/mol. The molecule has 0 bridgehead atoms. The summed E-state index contributed by atoms with van der Waals surface area (Å²) in [5.41, 5.74) is 7.24. The number of unbranched alkanes of at least 4 members (excludes halogenated alkanes) is 1. The number of aromatic nitrogens is 1. The molecule has 0 aliphatic heterocycles. The van der Waals surface area contributed by atoms with Crippen LogP contribution in [0, 0.1) is 0 Å². The van der Waals surface area contributed by atoms with Crippen LogP contribution in [0.25, 0.3) is 0 Å². The molecule has 0 spiro atoms. The number of rotatable bonds is 7. The fraction of sp³-hybridized carbons (Fsp3) is 0.412. The Labute approximate surface area is 148 Å². The Kier molecular flexibility index (Phi) is 8.23. The summed E-state index contributed by atoms with van der Waals surface area (Å²) in [5.74, 6) is -0.0132. The first-order valence-electron chi connectivity index (χ1n) is 7.67. The van der Waals surface area contributed by atoms with Crippen LogP contribution in [-0.2, 0) is 6.54 Å². The molecule has 4 nitrogen and oxygen atoms in total. The second kappa shape index (κ2) is 9.65. The third-order valence-corrected chi connectivity index (χ3v) is 4.58. The molecule has 1 unspecified atom stereocenters. The van der Waals surface area contributed by atoms with Crippen LogP contribution >= 0.6 is 23.7 Å². The summed E-state index contributed by atoms with van der Waals surface area (Å²) in [6.07, 6.45) is 2.03. The quantitative estimate of drug-likeness (QED) is 0.817. The molecular formula is C17H24ClN3OS. The number of thiazole rings is 1. The fourth-order valence-electron chi connectivity index (χ4n) is 2.36. The molecule has 2 aromatic rings. The van der Waals surface area contributed by atoms with Crippen LogP contribution in [0.15, 0.2) is 35.7 Å². The van der Waals surface area contributed by atoms with Crippen molar-refractivity contribution >= 4 is 29.7 Å². The van der Waals surface area contributed by atoms with Crippen molar-refractivity contribution in [3.8, 4) is 0 Å². The Balaban J connectivity index is 0.00000264. The Morgan fingerprint density at radius 3 is 2.61 bits per heavy atom. The van der Waals surface area contributed by atoms with E-state index in [-0.39, 0.29) is 24.4 Å². The largest absolute Gasteiger partial charge is 0.331 e. The van der Waals surface area contributed by atoms with Crippen molar-refractivity contribution in [2.75, 3.05) is 6.54 Å². The van der Waals surface area contributed by atoms with Gasteiger partial charge in [-0.25, -0.2) is 4.98 Å². The molecule has 126 valence electrons. The average Bonchev–Trinajstić information content (AvgIpc) is 3.04. The van der Waals surface area contributed by atoms with E-state index in [1.165, 1.54) is 11.3 Å². The smallest absolute Gasteiger partial charge is 0.273 e. The number of carbonyl (C=O) groups excluding carboxylic acids is 1. The van der Waals surface area contributed by atoms with Crippen molar-refractivity contribution in [2.24, 2.45) is 5.73 Å². The molecule has 1 atom stereocenters. The van der Waals surface area contributed by atoms with Gasteiger partial charge in [0.05, 0.1) is 6.04 Å². The zero-order chi connectivity index (χ0) is 15.9. The molecule has 1 aromatic carbocycles. The number of nitrogens with two attached hydrogens (primary N) is 1. The second-order valence-corrected chi connectivity index (χ2v) is 6.21. The Morgan fingerprint density at radius 2 is 2.04 bits per heavy atom. The molecule has 0 saturated heterocycles. The van der Waals surface area contributed by atoms with Crippen molar-refractivity contribution in [3.05, 3.63) is 52.0 Å². The highest BCUT2D eigenvalue weighted by atomic mass is 35.5. The van der Waals surface area contributed by atoms with E-state index in [0.29, 0.717) is 12.2 Å². The summed E-state index contributed by atoms with van der Waals surface area (Å²) in [6.45, 7) is 5.31. The highest BCUT2D eigenvalue weighted by Crippen LogP contribution is 2.23. The van der Waals surface area contributed by atoms with Gasteiger partial charge in [-0.05, 0) is 18.9 Å². The predicted molar refractivity (Wildman–Crippen MR) is 98.1 cm³/mol. The lowest BCUT2D eigenvalue weighted by atomic mass is 10.1. The standard InChI is InChI=1S/C17H23N3OS.ClH/c1-3-4-10-20(13(2)14-8-6-5-7-9-14)17(21)15-12-22-16(11-18)19-15;/h5-9,12-13H,3-4,10-11,18H2,1-2H3;1H. The molecule has 0 fully saturated rings. The van der Waals surface area contributed by atoms with Gasteiger partial charge in [0.1, 0.15) is 10.7 Å². The molecule has 6 heteroatoms. The SMILES string of the molecule is CCCCN(C(=O)c1csc(CN)n1)C(C)c1ccccc1.Cl. The number of carbonyl (C=O) groups is 1. The van der Waals surface area contributed by atoms with Gasteiger partial charge in [-0.1, -0.05) is 43.7 Å². The molecule has 2 rings (SSSR count). The van der Waals surface area contributed by atoms with Gasteiger partial charge >= 0.3 is 0 Å². The lowest BCUT2D eigenvalue weighted by Crippen LogP contribution is -2.34. The summed E-state index contributed by atoms with van der Waals surface area (Å²) < 4.78 is 0. The van der Waals surface area contributed by atoms with Gasteiger partial charge < -0.3 is 10.6 Å². The first kappa shape index (κ1) is 19.6. The third-order valence-electron chi connectivity index (χ3n) is 3.71. The van der Waals surface area contributed by atoms with Gasteiger partial charge in [0.2, 0.25) is 0 Å². The summed E-state index contributed by atoms with van der Waals surface area (Å²) in [7, 11) is 0. The maximum Gasteiger partial charge on any atom is 0.273 e. The lowest BCUT2D eigenvalue weighted by Gasteiger charge is -2.29. The summed E-state index contributed by atoms with van der Waals surface area (Å²) in [6, 6.07) is 10.1. The lowest BCUT2D eigenvalue weighted by molar-refractivity contribution is 0.0682. The number of halogens is 1. The van der Waals surface area contributed by atoms with Crippen molar-refractivity contribution in [3.63, 3.8) is 0 Å². The Morgan fingerprint density at radius 1 is 1.35 bits per heavy atom. The zero-order valence-electron chi connectivity index (χ0n) is 13.6. The Hall–Kier alpha value is -1.43. The van der Waals surface area contributed by atoms with Gasteiger partial charge in [0.25, 0.3) is 5.91 Å². The molecule has 0 aliphatic rings. The van der Waals surface area contributed by atoms with E-state index in [9.17, 15) is 4.79 Å². The highest BCUT2D eigenvalue weighted by Gasteiger charge is 2.24. The summed E-state index contributed by atoms with van der Waals surface area (Å²) in [5, 5.41) is 2.60. The number of amides is 1. The first-order chi connectivity index (χ1) is 10.7. The maximum absolute atomic E-state index is 12.8. The van der Waals surface area contributed by atoms with Gasteiger partial charge in [0.15, 0.2) is 0 Å². The van der Waals surface area contributed by atoms with Crippen LogP contribution < -0.4 is 5.73 Å². The van der Waals surface area contributed by atoms with Crippen molar-refractivity contribution in [1.29, 1.82) is 0 Å². The summed E-state index contributed by atoms with van der Waals surface area (Å²) >= 11 is 1.44. The minimum absolute atomic E-state index is 0. The van der Waals surface area contributed by atoms with E-state index in [4.69, 9.17) is 5.73 Å². The first-order valence-corrected chi connectivity index (χ1v) is 8.55. The molecule has 1 amide bonds. The van der Waals surface area contributed by atoms with Crippen LogP contribution in [0.1, 0.15) is 53.8 Å². The minimum atomic E-state index is -0.0132. The molecule has 0 aliphatic carbocycles. The summed E-state index contributed by atoms with van der Waals surface area (Å²) in [4.78, 5) is 19.1. The van der Waals surface area contributed by atoms with Crippen molar-refractivity contribution in [1.82, 2.24) is 9.88 Å². The molecule has 2 N–H and O–H groups in total. The van der Waals surface area contributed by atoms with Gasteiger partial charge in [-0.15, -0.1) is 23.7 Å². The molecule has 0 saturated carbocycles. The number of nitrogens with zero attached hydrogens (tertiary/aromatic N) is 2. The average molecular weight is 354 g/mol. The van der Waals surface area contributed by atoms with Gasteiger partial charge in [0, 0.05) is 18.5 Å². The topological polar surface area (TPSA) is 59.2 Å². The van der Waals surface area contributed by atoms with Crippen LogP contribution in [-0.4, -0.2) is 22.3 Å². The van der Waals surface area contributed by atoms with E-state index < -0.39 is 0 Å². The molecule has 23 heavy (non-hydrogen) atoms. The van der Waals surface area contributed by atoms with E-state index in [2.05, 4.69) is 31.0 Å².